The van der Waals surface area contributed by atoms with Crippen LogP contribution in [0.15, 0.2) is 54.4 Å². The number of carbonyl (C=O) groups is 1. The van der Waals surface area contributed by atoms with E-state index in [4.69, 9.17) is 34.8 Å². The summed E-state index contributed by atoms with van der Waals surface area (Å²) in [6.07, 6.45) is 6.69. The van der Waals surface area contributed by atoms with Crippen molar-refractivity contribution in [3.8, 4) is 0 Å². The van der Waals surface area contributed by atoms with Crippen LogP contribution in [0.1, 0.15) is 20.8 Å². The average Bonchev–Trinajstić information content (AvgIpc) is 3.41. The number of thiophene rings is 1. The number of carbonyl (C=O) groups excluding carboxylic acids is 1. The summed E-state index contributed by atoms with van der Waals surface area (Å²) in [6, 6.07) is 7.27. The van der Waals surface area contributed by atoms with Gasteiger partial charge in [-0.1, -0.05) is 40.9 Å². The maximum absolute atomic E-state index is 12.5. The van der Waals surface area contributed by atoms with Gasteiger partial charge in [-0.15, -0.1) is 11.3 Å². The van der Waals surface area contributed by atoms with Crippen LogP contribution >= 0.6 is 46.1 Å². The van der Waals surface area contributed by atoms with E-state index in [1.165, 1.54) is 11.3 Å². The van der Waals surface area contributed by atoms with Crippen molar-refractivity contribution in [3.05, 3.63) is 85.5 Å². The van der Waals surface area contributed by atoms with E-state index in [1.54, 1.807) is 46.3 Å². The van der Waals surface area contributed by atoms with Crippen LogP contribution in [0.25, 0.3) is 0 Å². The van der Waals surface area contributed by atoms with Gasteiger partial charge >= 0.3 is 0 Å². The molecule has 0 aliphatic rings. The van der Waals surface area contributed by atoms with Crippen molar-refractivity contribution >= 4 is 57.7 Å². The number of amides is 1. The van der Waals surface area contributed by atoms with Crippen molar-refractivity contribution in [3.63, 3.8) is 0 Å². The molecule has 148 valence electrons. The summed E-state index contributed by atoms with van der Waals surface area (Å²) in [6.45, 7) is 1.07. The standard InChI is InChI=1S/C19H14Cl3N5OS/c20-14-5-23-26(9-14)8-13-4-18(29-11-13)19(28)25-15-6-24-27(10-15)7-12-1-2-16(21)17(22)3-12/h1-6,9-11H,7-8H2,(H,25,28). The number of nitrogens with one attached hydrogen (secondary N) is 1. The molecular formula is C19H14Cl3N5OS. The van der Waals surface area contributed by atoms with E-state index in [-0.39, 0.29) is 5.91 Å². The Balaban J connectivity index is 1.38. The Morgan fingerprint density at radius 3 is 2.48 bits per heavy atom. The zero-order valence-corrected chi connectivity index (χ0v) is 17.9. The van der Waals surface area contributed by atoms with Gasteiger partial charge in [0, 0.05) is 12.4 Å². The maximum Gasteiger partial charge on any atom is 0.265 e. The third kappa shape index (κ3) is 5.00. The normalized spacial score (nSPS) is 11.0. The molecule has 0 spiro atoms. The Morgan fingerprint density at radius 1 is 0.966 bits per heavy atom. The number of halogens is 3. The maximum atomic E-state index is 12.5. The van der Waals surface area contributed by atoms with E-state index < -0.39 is 0 Å². The summed E-state index contributed by atoms with van der Waals surface area (Å²) < 4.78 is 3.44. The number of anilines is 1. The molecule has 4 rings (SSSR count). The summed E-state index contributed by atoms with van der Waals surface area (Å²) in [5.41, 5.74) is 2.56. The predicted octanol–water partition coefficient (Wildman–Crippen LogP) is 5.45. The number of nitrogens with zero attached hydrogens (tertiary/aromatic N) is 4. The molecule has 29 heavy (non-hydrogen) atoms. The van der Waals surface area contributed by atoms with E-state index in [0.717, 1.165) is 11.1 Å². The molecule has 0 saturated carbocycles. The summed E-state index contributed by atoms with van der Waals surface area (Å²) in [7, 11) is 0. The summed E-state index contributed by atoms with van der Waals surface area (Å²) >= 11 is 19.2. The van der Waals surface area contributed by atoms with Gasteiger partial charge in [0.05, 0.1) is 51.1 Å². The van der Waals surface area contributed by atoms with Crippen molar-refractivity contribution in [2.75, 3.05) is 5.32 Å². The molecular weight excluding hydrogens is 453 g/mol. The van der Waals surface area contributed by atoms with Crippen LogP contribution in [0, 0.1) is 0 Å². The van der Waals surface area contributed by atoms with Crippen LogP contribution in [-0.2, 0) is 13.1 Å². The third-order valence-electron chi connectivity index (χ3n) is 4.04. The van der Waals surface area contributed by atoms with Gasteiger partial charge in [0.1, 0.15) is 0 Å². The molecule has 3 aromatic heterocycles. The molecule has 6 nitrogen and oxygen atoms in total. The van der Waals surface area contributed by atoms with Gasteiger partial charge in [0.15, 0.2) is 0 Å². The molecule has 0 bridgehead atoms. The van der Waals surface area contributed by atoms with Gasteiger partial charge in [0.2, 0.25) is 0 Å². The number of hydrogen-bond donors (Lipinski definition) is 1. The van der Waals surface area contributed by atoms with Gasteiger partial charge in [-0.3, -0.25) is 14.2 Å². The number of aromatic nitrogens is 4. The van der Waals surface area contributed by atoms with Crippen molar-refractivity contribution in [2.45, 2.75) is 13.1 Å². The lowest BCUT2D eigenvalue weighted by atomic mass is 10.2. The zero-order chi connectivity index (χ0) is 20.4. The molecule has 0 unspecified atom stereocenters. The molecule has 3 heterocycles. The Kier molecular flexibility index (Phi) is 5.91. The lowest BCUT2D eigenvalue weighted by Gasteiger charge is -2.03. The first kappa shape index (κ1) is 20.0. The highest BCUT2D eigenvalue weighted by atomic mass is 35.5. The van der Waals surface area contributed by atoms with Crippen molar-refractivity contribution in [1.82, 2.24) is 19.6 Å². The van der Waals surface area contributed by atoms with Crippen LogP contribution in [0.4, 0.5) is 5.69 Å². The minimum atomic E-state index is -0.186. The third-order valence-corrected chi connectivity index (χ3v) is 5.96. The van der Waals surface area contributed by atoms with Crippen LogP contribution in [0.2, 0.25) is 15.1 Å². The lowest BCUT2D eigenvalue weighted by molar-refractivity contribution is 0.103. The summed E-state index contributed by atoms with van der Waals surface area (Å²) in [4.78, 5) is 13.1. The minimum absolute atomic E-state index is 0.186. The van der Waals surface area contributed by atoms with Crippen molar-refractivity contribution < 1.29 is 4.79 Å². The fourth-order valence-electron chi connectivity index (χ4n) is 2.72. The minimum Gasteiger partial charge on any atom is -0.319 e. The largest absolute Gasteiger partial charge is 0.319 e. The second-order valence-electron chi connectivity index (χ2n) is 6.30. The summed E-state index contributed by atoms with van der Waals surface area (Å²) in [5, 5.41) is 14.8. The van der Waals surface area contributed by atoms with E-state index in [9.17, 15) is 4.79 Å². The second kappa shape index (κ2) is 8.59. The quantitative estimate of drug-likeness (QED) is 0.411. The highest BCUT2D eigenvalue weighted by molar-refractivity contribution is 7.12. The monoisotopic (exact) mass is 465 g/mol. The first-order valence-corrected chi connectivity index (χ1v) is 10.5. The van der Waals surface area contributed by atoms with Crippen LogP contribution in [0.5, 0.6) is 0 Å². The number of benzene rings is 1. The van der Waals surface area contributed by atoms with Crippen LogP contribution < -0.4 is 5.32 Å². The fourth-order valence-corrected chi connectivity index (χ4v) is 4.00. The second-order valence-corrected chi connectivity index (χ2v) is 8.47. The number of hydrogen-bond acceptors (Lipinski definition) is 4. The molecule has 4 aromatic rings. The molecule has 0 fully saturated rings. The topological polar surface area (TPSA) is 64.7 Å². The van der Waals surface area contributed by atoms with Crippen LogP contribution in [-0.4, -0.2) is 25.5 Å². The van der Waals surface area contributed by atoms with Gasteiger partial charge in [-0.25, -0.2) is 0 Å². The Hall–Kier alpha value is -2.32. The predicted molar refractivity (Wildman–Crippen MR) is 116 cm³/mol. The molecule has 0 atom stereocenters. The zero-order valence-electron chi connectivity index (χ0n) is 14.8. The molecule has 1 aromatic carbocycles. The molecule has 0 radical (unpaired) electrons. The highest BCUT2D eigenvalue weighted by Crippen LogP contribution is 2.23. The van der Waals surface area contributed by atoms with Gasteiger partial charge in [-0.2, -0.15) is 10.2 Å². The van der Waals surface area contributed by atoms with E-state index >= 15 is 0 Å². The van der Waals surface area contributed by atoms with Gasteiger partial charge in [-0.05, 0) is 34.7 Å². The van der Waals surface area contributed by atoms with E-state index in [1.807, 2.05) is 17.5 Å². The molecule has 10 heteroatoms. The molecule has 0 saturated heterocycles. The first-order valence-electron chi connectivity index (χ1n) is 8.49. The van der Waals surface area contributed by atoms with Crippen molar-refractivity contribution in [2.24, 2.45) is 0 Å². The first-order chi connectivity index (χ1) is 14.0. The molecule has 1 amide bonds. The Morgan fingerprint density at radius 2 is 1.72 bits per heavy atom. The fraction of sp³-hybridized carbons (Fsp3) is 0.105. The van der Waals surface area contributed by atoms with Gasteiger partial charge in [0.25, 0.3) is 5.91 Å². The summed E-state index contributed by atoms with van der Waals surface area (Å²) in [5.74, 6) is -0.186. The van der Waals surface area contributed by atoms with Crippen molar-refractivity contribution in [1.29, 1.82) is 0 Å². The van der Waals surface area contributed by atoms with Crippen LogP contribution in [0.3, 0.4) is 0 Å². The molecule has 1 N–H and O–H groups in total. The SMILES string of the molecule is O=C(Nc1cnn(Cc2ccc(Cl)c(Cl)c2)c1)c1cc(Cn2cc(Cl)cn2)cs1. The average molecular weight is 467 g/mol. The number of rotatable bonds is 6. The smallest absolute Gasteiger partial charge is 0.265 e. The molecule has 0 aliphatic heterocycles. The Bertz CT molecular complexity index is 1170. The van der Waals surface area contributed by atoms with E-state index in [0.29, 0.717) is 38.7 Å². The highest BCUT2D eigenvalue weighted by Gasteiger charge is 2.12. The molecule has 0 aliphatic carbocycles. The lowest BCUT2D eigenvalue weighted by Crippen LogP contribution is -2.09. The Labute approximate surface area is 185 Å². The van der Waals surface area contributed by atoms with E-state index in [2.05, 4.69) is 15.5 Å². The van der Waals surface area contributed by atoms with Gasteiger partial charge < -0.3 is 5.32 Å².